The van der Waals surface area contributed by atoms with Gasteiger partial charge in [-0.15, -0.1) is 0 Å². The van der Waals surface area contributed by atoms with Gasteiger partial charge in [-0.1, -0.05) is 70.2 Å². The Balaban J connectivity index is 1.36. The van der Waals surface area contributed by atoms with Crippen molar-refractivity contribution < 1.29 is 14.4 Å². The fraction of sp³-hybridized carbons (Fsp3) is 0.188. The number of hydrogen-bond acceptors (Lipinski definition) is 3. The van der Waals surface area contributed by atoms with Gasteiger partial charge in [0, 0.05) is 23.2 Å². The van der Waals surface area contributed by atoms with Crippen molar-refractivity contribution >= 4 is 0 Å². The van der Waals surface area contributed by atoms with Crippen LogP contribution in [0.2, 0.25) is 0 Å². The van der Waals surface area contributed by atoms with Crippen LogP contribution in [-0.4, -0.2) is 14.7 Å². The predicted molar refractivity (Wildman–Crippen MR) is 144 cm³/mol. The molecule has 2 aromatic heterocycles. The molecule has 3 heterocycles. The topological polar surface area (TPSA) is 51.2 Å². The number of imidazole rings is 1. The van der Waals surface area contributed by atoms with Gasteiger partial charge in [0.1, 0.15) is 11.5 Å². The summed E-state index contributed by atoms with van der Waals surface area (Å²) in [5.41, 5.74) is 5.80. The predicted octanol–water partition coefficient (Wildman–Crippen LogP) is 6.68. The molecule has 37 heavy (non-hydrogen) atoms. The summed E-state index contributed by atoms with van der Waals surface area (Å²) in [6.45, 7) is 9.24. The second-order valence-corrected chi connectivity index (χ2v) is 10.6. The Kier molecular flexibility index (Phi) is 5.19. The number of ether oxygens (including phenoxy) is 1. The summed E-state index contributed by atoms with van der Waals surface area (Å²) >= 11 is 0. The molecule has 0 unspecified atom stereocenters. The van der Waals surface area contributed by atoms with E-state index in [4.69, 9.17) is 4.74 Å². The van der Waals surface area contributed by atoms with Crippen LogP contribution in [0.3, 0.4) is 0 Å². The molecule has 0 saturated heterocycles. The minimum absolute atomic E-state index is 0.0432. The van der Waals surface area contributed by atoms with Gasteiger partial charge in [0.05, 0.1) is 22.8 Å². The Hall–Kier alpha value is -4.38. The third-order valence-electron chi connectivity index (χ3n) is 7.94. The van der Waals surface area contributed by atoms with Crippen LogP contribution in [-0.2, 0) is 10.8 Å². The number of rotatable bonds is 4. The number of fused-ring (bicyclic) bond motifs is 3. The lowest BCUT2D eigenvalue weighted by atomic mass is 9.60. The third-order valence-corrected chi connectivity index (χ3v) is 7.94. The molecule has 0 bridgehead atoms. The number of hydrogen-bond donors (Lipinski definition) is 1. The second kappa shape index (κ2) is 8.34. The molecule has 1 aliphatic rings. The van der Waals surface area contributed by atoms with Gasteiger partial charge in [0.2, 0.25) is 5.88 Å². The molecule has 0 aliphatic carbocycles. The average Bonchev–Trinajstić information content (AvgIpc) is 3.35. The summed E-state index contributed by atoms with van der Waals surface area (Å²) < 4.78 is 10.4. The van der Waals surface area contributed by atoms with E-state index in [1.165, 1.54) is 11.3 Å². The summed E-state index contributed by atoms with van der Waals surface area (Å²) in [7, 11) is 0. The van der Waals surface area contributed by atoms with Gasteiger partial charge in [0.15, 0.2) is 0 Å². The first-order chi connectivity index (χ1) is 17.8. The van der Waals surface area contributed by atoms with Crippen LogP contribution in [0.5, 0.6) is 17.4 Å². The van der Waals surface area contributed by atoms with Crippen LogP contribution < -0.4 is 9.30 Å². The molecule has 0 fully saturated rings. The van der Waals surface area contributed by atoms with E-state index in [9.17, 15) is 5.11 Å². The van der Waals surface area contributed by atoms with Crippen molar-refractivity contribution in [3.05, 3.63) is 115 Å². The zero-order valence-electron chi connectivity index (χ0n) is 21.4. The van der Waals surface area contributed by atoms with Crippen LogP contribution in [0, 0.1) is 6.33 Å². The lowest BCUT2D eigenvalue weighted by molar-refractivity contribution is -0.617. The Labute approximate surface area is 217 Å². The molecule has 5 nitrogen and oxygen atoms in total. The first kappa shape index (κ1) is 23.0. The molecule has 184 valence electrons. The highest BCUT2D eigenvalue weighted by molar-refractivity contribution is 5.66. The molecule has 0 saturated carbocycles. The van der Waals surface area contributed by atoms with E-state index in [2.05, 4.69) is 74.0 Å². The Bertz CT molecular complexity index is 1630. The fourth-order valence-electron chi connectivity index (χ4n) is 5.11. The van der Waals surface area contributed by atoms with E-state index in [0.29, 0.717) is 22.9 Å². The maximum Gasteiger partial charge on any atom is 0.269 e. The minimum Gasteiger partial charge on any atom is -0.507 e. The van der Waals surface area contributed by atoms with Gasteiger partial charge in [-0.3, -0.25) is 9.13 Å². The summed E-state index contributed by atoms with van der Waals surface area (Å²) in [6.07, 6.45) is 5.74. The molecule has 6 rings (SSSR count). The largest absolute Gasteiger partial charge is 0.507 e. The Morgan fingerprint density at radius 2 is 1.59 bits per heavy atom. The first-order valence-corrected chi connectivity index (χ1v) is 12.5. The molecule has 3 aromatic carbocycles. The van der Waals surface area contributed by atoms with Crippen LogP contribution in [0.15, 0.2) is 97.2 Å². The fourth-order valence-corrected chi connectivity index (χ4v) is 5.11. The lowest BCUT2D eigenvalue weighted by Crippen LogP contribution is -2.54. The number of pyridine rings is 1. The highest BCUT2D eigenvalue weighted by Crippen LogP contribution is 2.47. The van der Waals surface area contributed by atoms with Gasteiger partial charge >= 0.3 is 0 Å². The Morgan fingerprint density at radius 1 is 0.838 bits per heavy atom. The average molecular weight is 488 g/mol. The molecule has 0 radical (unpaired) electrons. The second-order valence-electron chi connectivity index (χ2n) is 10.6. The number of aromatic hydroxyl groups is 1. The first-order valence-electron chi connectivity index (χ1n) is 12.5. The van der Waals surface area contributed by atoms with Gasteiger partial charge < -0.3 is 9.84 Å². The van der Waals surface area contributed by atoms with Crippen LogP contribution in [0.1, 0.15) is 39.0 Å². The van der Waals surface area contributed by atoms with E-state index < -0.39 is 0 Å². The number of nitrogens with zero attached hydrogens (tertiary/aromatic N) is 3. The SMILES string of the molecule is CC1(C)c2ccccc2-[n+]2[c-]n(-c3cccc(Oc4cccc(-c5ccccc5O)n4)c3)cc2C1(C)C. The van der Waals surface area contributed by atoms with E-state index in [1.807, 2.05) is 59.2 Å². The van der Waals surface area contributed by atoms with Crippen molar-refractivity contribution in [1.82, 2.24) is 9.55 Å². The van der Waals surface area contributed by atoms with Gasteiger partial charge in [-0.25, -0.2) is 4.98 Å². The van der Waals surface area contributed by atoms with Crippen molar-refractivity contribution in [2.24, 2.45) is 0 Å². The summed E-state index contributed by atoms with van der Waals surface area (Å²) in [6, 6.07) is 29.2. The zero-order chi connectivity index (χ0) is 25.8. The molecule has 0 atom stereocenters. The number of aromatic nitrogens is 3. The molecule has 0 amide bonds. The lowest BCUT2D eigenvalue weighted by Gasteiger charge is -2.47. The highest BCUT2D eigenvalue weighted by Gasteiger charge is 2.46. The molecule has 1 N–H and O–H groups in total. The number of para-hydroxylation sites is 2. The molecule has 0 spiro atoms. The highest BCUT2D eigenvalue weighted by atomic mass is 16.5. The van der Waals surface area contributed by atoms with Crippen LogP contribution in [0.25, 0.3) is 22.6 Å². The van der Waals surface area contributed by atoms with Crippen LogP contribution >= 0.6 is 0 Å². The van der Waals surface area contributed by atoms with Gasteiger partial charge in [-0.2, -0.15) is 0 Å². The van der Waals surface area contributed by atoms with Crippen LogP contribution in [0.4, 0.5) is 0 Å². The van der Waals surface area contributed by atoms with E-state index >= 15 is 0 Å². The number of phenols is 1. The summed E-state index contributed by atoms with van der Waals surface area (Å²) in [5, 5.41) is 10.2. The monoisotopic (exact) mass is 487 g/mol. The zero-order valence-corrected chi connectivity index (χ0v) is 21.4. The molecule has 5 aromatic rings. The minimum atomic E-state index is -0.107. The van der Waals surface area contributed by atoms with E-state index in [-0.39, 0.29) is 16.6 Å². The van der Waals surface area contributed by atoms with Crippen molar-refractivity contribution in [2.45, 2.75) is 38.5 Å². The normalized spacial score (nSPS) is 15.0. The maximum absolute atomic E-state index is 10.2. The van der Waals surface area contributed by atoms with Crippen molar-refractivity contribution in [3.8, 4) is 40.0 Å². The number of phenolic OH excluding ortho intramolecular Hbond substituents is 1. The van der Waals surface area contributed by atoms with Crippen molar-refractivity contribution in [1.29, 1.82) is 0 Å². The maximum atomic E-state index is 10.2. The molecular weight excluding hydrogens is 458 g/mol. The van der Waals surface area contributed by atoms with Crippen molar-refractivity contribution in [2.75, 3.05) is 0 Å². The smallest absolute Gasteiger partial charge is 0.269 e. The summed E-state index contributed by atoms with van der Waals surface area (Å²) in [5.74, 6) is 1.32. The summed E-state index contributed by atoms with van der Waals surface area (Å²) in [4.78, 5) is 4.61. The number of benzene rings is 3. The van der Waals surface area contributed by atoms with Crippen molar-refractivity contribution in [3.63, 3.8) is 0 Å². The Morgan fingerprint density at radius 3 is 2.43 bits per heavy atom. The van der Waals surface area contributed by atoms with E-state index in [0.717, 1.165) is 11.4 Å². The molecule has 1 aliphatic heterocycles. The van der Waals surface area contributed by atoms with Gasteiger partial charge in [-0.05, 0) is 53.4 Å². The quantitative estimate of drug-likeness (QED) is 0.227. The van der Waals surface area contributed by atoms with Gasteiger partial charge in [0.25, 0.3) is 6.33 Å². The molecular formula is C32H29N3O2. The van der Waals surface area contributed by atoms with E-state index in [1.54, 1.807) is 12.1 Å². The third kappa shape index (κ3) is 3.70. The molecule has 5 heteroatoms. The standard InChI is InChI=1S/C32H29N3O2/c1-31(2)25-14-6-7-16-27(25)35-21-34(20-29(35)32(31,3)4)22-11-9-12-23(19-22)37-30-18-10-15-26(33-30)24-13-5-8-17-28(24)36/h5-20,36H,1-4H3.